The van der Waals surface area contributed by atoms with E-state index in [0.29, 0.717) is 25.4 Å². The highest BCUT2D eigenvalue weighted by atomic mass is 16.3. The first-order valence-electron chi connectivity index (χ1n) is 7.52. The van der Waals surface area contributed by atoms with Crippen LogP contribution in [0.5, 0.6) is 5.75 Å². The number of phenols is 1. The summed E-state index contributed by atoms with van der Waals surface area (Å²) in [6, 6.07) is 3.70. The molecular formula is C16H24N2O2. The molecule has 0 bridgehead atoms. The summed E-state index contributed by atoms with van der Waals surface area (Å²) in [6.45, 7) is 5.72. The first-order chi connectivity index (χ1) is 9.67. The quantitative estimate of drug-likeness (QED) is 0.888. The van der Waals surface area contributed by atoms with Gasteiger partial charge in [0.2, 0.25) is 0 Å². The molecule has 1 aliphatic carbocycles. The summed E-state index contributed by atoms with van der Waals surface area (Å²) in [4.78, 5) is 13.7. The first kappa shape index (κ1) is 14.7. The topological polar surface area (TPSA) is 52.6 Å². The number of fused-ring (bicyclic) bond motifs is 1. The van der Waals surface area contributed by atoms with E-state index >= 15 is 0 Å². The summed E-state index contributed by atoms with van der Waals surface area (Å²) in [5.41, 5.74) is 3.44. The van der Waals surface area contributed by atoms with Crippen LogP contribution in [0.15, 0.2) is 12.1 Å². The second-order valence-electron chi connectivity index (χ2n) is 5.24. The maximum absolute atomic E-state index is 12.0. The SMILES string of the molecule is CCN(CC)C(=O)NCc1c(O)ccc2c1CCCC2. The molecule has 20 heavy (non-hydrogen) atoms. The fraction of sp³-hybridized carbons (Fsp3) is 0.562. The van der Waals surface area contributed by atoms with Gasteiger partial charge in [0.15, 0.2) is 0 Å². The molecule has 1 aromatic rings. The molecule has 0 saturated carbocycles. The summed E-state index contributed by atoms with van der Waals surface area (Å²) in [6.07, 6.45) is 4.45. The third-order valence-electron chi connectivity index (χ3n) is 4.09. The summed E-state index contributed by atoms with van der Waals surface area (Å²) in [7, 11) is 0. The van der Waals surface area contributed by atoms with Crippen LogP contribution in [-0.2, 0) is 19.4 Å². The van der Waals surface area contributed by atoms with Crippen molar-refractivity contribution < 1.29 is 9.90 Å². The minimum absolute atomic E-state index is 0.0668. The Kier molecular flexibility index (Phi) is 4.88. The smallest absolute Gasteiger partial charge is 0.317 e. The molecule has 0 fully saturated rings. The van der Waals surface area contributed by atoms with Gasteiger partial charge in [-0.15, -0.1) is 0 Å². The van der Waals surface area contributed by atoms with Gasteiger partial charge in [0.1, 0.15) is 5.75 Å². The molecule has 1 aliphatic rings. The lowest BCUT2D eigenvalue weighted by atomic mass is 9.88. The van der Waals surface area contributed by atoms with E-state index in [-0.39, 0.29) is 6.03 Å². The predicted octanol–water partition coefficient (Wildman–Crippen LogP) is 2.82. The molecule has 0 aromatic heterocycles. The Morgan fingerprint density at radius 3 is 2.65 bits per heavy atom. The van der Waals surface area contributed by atoms with Gasteiger partial charge >= 0.3 is 6.03 Å². The summed E-state index contributed by atoms with van der Waals surface area (Å²) >= 11 is 0. The van der Waals surface area contributed by atoms with Crippen molar-refractivity contribution in [1.82, 2.24) is 10.2 Å². The summed E-state index contributed by atoms with van der Waals surface area (Å²) < 4.78 is 0. The van der Waals surface area contributed by atoms with Crippen LogP contribution in [-0.4, -0.2) is 29.1 Å². The number of aromatic hydroxyl groups is 1. The van der Waals surface area contributed by atoms with Crippen LogP contribution in [0.25, 0.3) is 0 Å². The zero-order valence-electron chi connectivity index (χ0n) is 12.4. The third-order valence-corrected chi connectivity index (χ3v) is 4.09. The van der Waals surface area contributed by atoms with E-state index in [9.17, 15) is 9.90 Å². The molecule has 2 amide bonds. The molecule has 0 atom stereocenters. The maximum atomic E-state index is 12.0. The second kappa shape index (κ2) is 6.64. The molecule has 1 aromatic carbocycles. The molecule has 2 rings (SSSR count). The zero-order chi connectivity index (χ0) is 14.5. The number of aryl methyl sites for hydroxylation is 1. The average molecular weight is 276 g/mol. The molecule has 0 aliphatic heterocycles. The fourth-order valence-corrected chi connectivity index (χ4v) is 2.88. The van der Waals surface area contributed by atoms with Crippen molar-refractivity contribution in [2.24, 2.45) is 0 Å². The van der Waals surface area contributed by atoms with Crippen LogP contribution < -0.4 is 5.32 Å². The zero-order valence-corrected chi connectivity index (χ0v) is 12.4. The highest BCUT2D eigenvalue weighted by molar-refractivity contribution is 5.74. The molecular weight excluding hydrogens is 252 g/mol. The monoisotopic (exact) mass is 276 g/mol. The van der Waals surface area contributed by atoms with Crippen LogP contribution in [0.1, 0.15) is 43.4 Å². The molecule has 0 unspecified atom stereocenters. The number of rotatable bonds is 4. The van der Waals surface area contributed by atoms with Gasteiger partial charge in [0.05, 0.1) is 0 Å². The Bertz CT molecular complexity index is 482. The standard InChI is InChI=1S/C16H24N2O2/c1-3-18(4-2)16(20)17-11-14-13-8-6-5-7-12(13)9-10-15(14)19/h9-10,19H,3-8,11H2,1-2H3,(H,17,20). The van der Waals surface area contributed by atoms with E-state index in [1.807, 2.05) is 19.9 Å². The Balaban J connectivity index is 2.11. The van der Waals surface area contributed by atoms with Gasteiger partial charge in [0.25, 0.3) is 0 Å². The number of nitrogens with zero attached hydrogens (tertiary/aromatic N) is 1. The highest BCUT2D eigenvalue weighted by Crippen LogP contribution is 2.30. The van der Waals surface area contributed by atoms with E-state index < -0.39 is 0 Å². The van der Waals surface area contributed by atoms with Crippen LogP contribution in [0.4, 0.5) is 4.79 Å². The molecule has 0 heterocycles. The van der Waals surface area contributed by atoms with Crippen LogP contribution in [0, 0.1) is 0 Å². The number of hydrogen-bond acceptors (Lipinski definition) is 2. The van der Waals surface area contributed by atoms with Crippen molar-refractivity contribution in [2.75, 3.05) is 13.1 Å². The van der Waals surface area contributed by atoms with Crippen LogP contribution >= 0.6 is 0 Å². The minimum Gasteiger partial charge on any atom is -0.508 e. The second-order valence-corrected chi connectivity index (χ2v) is 5.24. The van der Waals surface area contributed by atoms with Crippen molar-refractivity contribution >= 4 is 6.03 Å². The van der Waals surface area contributed by atoms with Crippen molar-refractivity contribution in [3.63, 3.8) is 0 Å². The van der Waals surface area contributed by atoms with Gasteiger partial charge in [-0.25, -0.2) is 4.79 Å². The van der Waals surface area contributed by atoms with E-state index in [4.69, 9.17) is 0 Å². The van der Waals surface area contributed by atoms with Crippen LogP contribution in [0.2, 0.25) is 0 Å². The third kappa shape index (κ3) is 3.06. The number of phenolic OH excluding ortho intramolecular Hbond substituents is 1. The van der Waals surface area contributed by atoms with Gasteiger partial charge in [-0.2, -0.15) is 0 Å². The van der Waals surface area contributed by atoms with Crippen molar-refractivity contribution in [1.29, 1.82) is 0 Å². The van der Waals surface area contributed by atoms with E-state index in [0.717, 1.165) is 24.8 Å². The number of carbonyl (C=O) groups is 1. The summed E-state index contributed by atoms with van der Waals surface area (Å²) in [5, 5.41) is 13.0. The van der Waals surface area contributed by atoms with E-state index in [2.05, 4.69) is 5.32 Å². The van der Waals surface area contributed by atoms with Crippen LogP contribution in [0.3, 0.4) is 0 Å². The Labute approximate surface area is 120 Å². The molecule has 0 saturated heterocycles. The lowest BCUT2D eigenvalue weighted by molar-refractivity contribution is 0.202. The predicted molar refractivity (Wildman–Crippen MR) is 79.9 cm³/mol. The molecule has 110 valence electrons. The number of nitrogens with one attached hydrogen (secondary N) is 1. The largest absolute Gasteiger partial charge is 0.508 e. The molecule has 4 heteroatoms. The minimum atomic E-state index is -0.0668. The first-order valence-corrected chi connectivity index (χ1v) is 7.52. The van der Waals surface area contributed by atoms with Crippen molar-refractivity contribution in [3.05, 3.63) is 28.8 Å². The van der Waals surface area contributed by atoms with Crippen molar-refractivity contribution in [3.8, 4) is 5.75 Å². The normalized spacial score (nSPS) is 13.7. The Morgan fingerprint density at radius 1 is 1.25 bits per heavy atom. The molecule has 0 radical (unpaired) electrons. The number of urea groups is 1. The Morgan fingerprint density at radius 2 is 1.95 bits per heavy atom. The highest BCUT2D eigenvalue weighted by Gasteiger charge is 2.17. The van der Waals surface area contributed by atoms with E-state index in [1.165, 1.54) is 17.5 Å². The lowest BCUT2D eigenvalue weighted by Gasteiger charge is -2.23. The number of amides is 2. The van der Waals surface area contributed by atoms with Gasteiger partial charge in [0, 0.05) is 25.2 Å². The van der Waals surface area contributed by atoms with Gasteiger partial charge in [-0.1, -0.05) is 6.07 Å². The molecule has 2 N–H and O–H groups in total. The van der Waals surface area contributed by atoms with Gasteiger partial charge in [-0.3, -0.25) is 0 Å². The number of hydrogen-bond donors (Lipinski definition) is 2. The Hall–Kier alpha value is -1.71. The fourth-order valence-electron chi connectivity index (χ4n) is 2.88. The van der Waals surface area contributed by atoms with Crippen molar-refractivity contribution in [2.45, 2.75) is 46.1 Å². The molecule has 0 spiro atoms. The van der Waals surface area contributed by atoms with Gasteiger partial charge < -0.3 is 15.3 Å². The molecule has 4 nitrogen and oxygen atoms in total. The lowest BCUT2D eigenvalue weighted by Crippen LogP contribution is -2.39. The van der Waals surface area contributed by atoms with E-state index in [1.54, 1.807) is 11.0 Å². The average Bonchev–Trinajstić information content (AvgIpc) is 2.47. The number of carbonyl (C=O) groups excluding carboxylic acids is 1. The maximum Gasteiger partial charge on any atom is 0.317 e. The number of benzene rings is 1. The summed E-state index contributed by atoms with van der Waals surface area (Å²) in [5.74, 6) is 0.297. The van der Waals surface area contributed by atoms with Gasteiger partial charge in [-0.05, 0) is 56.7 Å².